The first-order valence-electron chi connectivity index (χ1n) is 6.93. The van der Waals surface area contributed by atoms with Gasteiger partial charge in [0.15, 0.2) is 5.96 Å². The van der Waals surface area contributed by atoms with E-state index in [4.69, 9.17) is 0 Å². The molecule has 2 heterocycles. The summed E-state index contributed by atoms with van der Waals surface area (Å²) in [7, 11) is 2.10. The van der Waals surface area contributed by atoms with Gasteiger partial charge in [0.2, 0.25) is 0 Å². The van der Waals surface area contributed by atoms with Gasteiger partial charge >= 0.3 is 0 Å². The van der Waals surface area contributed by atoms with Crippen molar-refractivity contribution in [1.29, 1.82) is 0 Å². The Morgan fingerprint density at radius 3 is 2.88 bits per heavy atom. The van der Waals surface area contributed by atoms with E-state index in [-0.39, 0.29) is 0 Å². The summed E-state index contributed by atoms with van der Waals surface area (Å²) in [5.41, 5.74) is 0. The number of likely N-dealkylation sites (N-methyl/N-ethyl adjacent to an activating group) is 1. The van der Waals surface area contributed by atoms with E-state index in [1.54, 1.807) is 0 Å². The van der Waals surface area contributed by atoms with Gasteiger partial charge in [-0.3, -0.25) is 9.89 Å². The second-order valence-electron chi connectivity index (χ2n) is 5.44. The van der Waals surface area contributed by atoms with Crippen molar-refractivity contribution in [3.05, 3.63) is 0 Å². The molecule has 1 fully saturated rings. The zero-order valence-electron chi connectivity index (χ0n) is 11.4. The Morgan fingerprint density at radius 1 is 1.41 bits per heavy atom. The Bertz CT molecular complexity index is 277. The topological polar surface area (TPSA) is 30.9 Å². The summed E-state index contributed by atoms with van der Waals surface area (Å²) < 4.78 is 0. The molecule has 0 aliphatic carbocycles. The van der Waals surface area contributed by atoms with Gasteiger partial charge in [0.1, 0.15) is 0 Å². The summed E-state index contributed by atoms with van der Waals surface area (Å²) in [5.74, 6) is 1.07. The van der Waals surface area contributed by atoms with Crippen molar-refractivity contribution in [2.75, 3.05) is 33.2 Å². The lowest BCUT2D eigenvalue weighted by atomic mass is 10.0. The summed E-state index contributed by atoms with van der Waals surface area (Å²) in [5, 5.41) is 3.48. The number of rotatable bonds is 3. The van der Waals surface area contributed by atoms with E-state index >= 15 is 0 Å². The summed E-state index contributed by atoms with van der Waals surface area (Å²) in [6.45, 7) is 8.93. The van der Waals surface area contributed by atoms with Crippen LogP contribution in [0, 0.1) is 0 Å². The van der Waals surface area contributed by atoms with Crippen LogP contribution in [0.3, 0.4) is 0 Å². The molecule has 2 atom stereocenters. The molecule has 98 valence electrons. The van der Waals surface area contributed by atoms with E-state index in [2.05, 4.69) is 41.0 Å². The highest BCUT2D eigenvalue weighted by molar-refractivity contribution is 5.81. The Balaban J connectivity index is 1.78. The van der Waals surface area contributed by atoms with Crippen LogP contribution in [0.4, 0.5) is 0 Å². The van der Waals surface area contributed by atoms with Gasteiger partial charge in [-0.2, -0.15) is 0 Å². The van der Waals surface area contributed by atoms with Crippen LogP contribution < -0.4 is 5.32 Å². The van der Waals surface area contributed by atoms with E-state index in [1.165, 1.54) is 25.8 Å². The van der Waals surface area contributed by atoms with Crippen molar-refractivity contribution in [3.63, 3.8) is 0 Å². The molecular weight excluding hydrogens is 212 g/mol. The van der Waals surface area contributed by atoms with Crippen molar-refractivity contribution in [2.45, 2.75) is 45.2 Å². The molecule has 1 saturated heterocycles. The number of guanidine groups is 1. The number of nitrogens with one attached hydrogen (secondary N) is 1. The van der Waals surface area contributed by atoms with E-state index in [0.29, 0.717) is 6.04 Å². The minimum absolute atomic E-state index is 0.599. The molecule has 1 N–H and O–H groups in total. The number of hydrogen-bond acceptors (Lipinski definition) is 4. The second-order valence-corrected chi connectivity index (χ2v) is 5.44. The van der Waals surface area contributed by atoms with Gasteiger partial charge in [-0.05, 0) is 33.2 Å². The van der Waals surface area contributed by atoms with E-state index < -0.39 is 0 Å². The number of hydrogen-bond donors (Lipinski definition) is 1. The largest absolute Gasteiger partial charge is 0.355 e. The first kappa shape index (κ1) is 12.7. The number of aliphatic imine (C=N–C) groups is 1. The summed E-state index contributed by atoms with van der Waals surface area (Å²) in [4.78, 5) is 9.30. The van der Waals surface area contributed by atoms with Crippen molar-refractivity contribution in [2.24, 2.45) is 4.99 Å². The third-order valence-corrected chi connectivity index (χ3v) is 4.03. The molecule has 0 amide bonds. The molecule has 0 saturated carbocycles. The minimum atomic E-state index is 0.599. The Hall–Kier alpha value is -0.770. The zero-order chi connectivity index (χ0) is 12.3. The van der Waals surface area contributed by atoms with Gasteiger partial charge in [0.25, 0.3) is 0 Å². The Kier molecular flexibility index (Phi) is 4.26. The van der Waals surface area contributed by atoms with Crippen LogP contribution in [0.5, 0.6) is 0 Å². The van der Waals surface area contributed by atoms with Crippen LogP contribution in [0.2, 0.25) is 0 Å². The highest BCUT2D eigenvalue weighted by Gasteiger charge is 2.23. The van der Waals surface area contributed by atoms with Gasteiger partial charge in [0, 0.05) is 32.2 Å². The van der Waals surface area contributed by atoms with Crippen molar-refractivity contribution < 1.29 is 0 Å². The monoisotopic (exact) mass is 238 g/mol. The van der Waals surface area contributed by atoms with Crippen LogP contribution in [-0.4, -0.2) is 61.1 Å². The van der Waals surface area contributed by atoms with Crippen LogP contribution in [0.15, 0.2) is 4.99 Å². The van der Waals surface area contributed by atoms with Gasteiger partial charge < -0.3 is 10.2 Å². The fraction of sp³-hybridized carbons (Fsp3) is 0.923. The number of nitrogens with zero attached hydrogens (tertiary/aromatic N) is 3. The lowest BCUT2D eigenvalue weighted by molar-refractivity contribution is 0.115. The predicted octanol–water partition coefficient (Wildman–Crippen LogP) is 1.14. The fourth-order valence-electron chi connectivity index (χ4n) is 2.85. The van der Waals surface area contributed by atoms with Crippen molar-refractivity contribution in [1.82, 2.24) is 15.1 Å². The minimum Gasteiger partial charge on any atom is -0.355 e. The van der Waals surface area contributed by atoms with E-state index in [0.717, 1.165) is 31.6 Å². The van der Waals surface area contributed by atoms with E-state index in [9.17, 15) is 0 Å². The molecule has 0 aromatic carbocycles. The fourth-order valence-corrected chi connectivity index (χ4v) is 2.85. The molecule has 0 aromatic heterocycles. The first-order valence-corrected chi connectivity index (χ1v) is 6.93. The molecule has 2 aliphatic rings. The molecule has 4 nitrogen and oxygen atoms in total. The third-order valence-electron chi connectivity index (χ3n) is 4.03. The van der Waals surface area contributed by atoms with Gasteiger partial charge in [-0.25, -0.2) is 0 Å². The number of piperidine rings is 1. The summed E-state index contributed by atoms with van der Waals surface area (Å²) in [6.07, 6.45) is 4.11. The zero-order valence-corrected chi connectivity index (χ0v) is 11.4. The van der Waals surface area contributed by atoms with Gasteiger partial charge in [0.05, 0.1) is 6.54 Å². The smallest absolute Gasteiger partial charge is 0.193 e. The highest BCUT2D eigenvalue weighted by atomic mass is 15.3. The lowest BCUT2D eigenvalue weighted by Gasteiger charge is -2.38. The van der Waals surface area contributed by atoms with Gasteiger partial charge in [-0.15, -0.1) is 0 Å². The molecular formula is C13H26N4. The third kappa shape index (κ3) is 3.12. The van der Waals surface area contributed by atoms with Crippen LogP contribution >= 0.6 is 0 Å². The number of likely N-dealkylation sites (tertiary alicyclic amines) is 1. The standard InChI is InChI=1S/C13H26N4/c1-11-6-4-5-8-17(11)12(2)10-15-13-14-7-9-16(13)3/h11-12H,4-10H2,1-3H3,(H,14,15). The average Bonchev–Trinajstić information content (AvgIpc) is 2.72. The molecule has 0 spiro atoms. The van der Waals surface area contributed by atoms with E-state index in [1.807, 2.05) is 0 Å². The molecule has 0 radical (unpaired) electrons. The predicted molar refractivity (Wildman–Crippen MR) is 72.4 cm³/mol. The maximum atomic E-state index is 4.47. The first-order chi connectivity index (χ1) is 8.18. The van der Waals surface area contributed by atoms with Crippen LogP contribution in [-0.2, 0) is 0 Å². The Morgan fingerprint density at radius 2 is 2.24 bits per heavy atom. The molecule has 17 heavy (non-hydrogen) atoms. The molecule has 2 unspecified atom stereocenters. The maximum absolute atomic E-state index is 4.47. The maximum Gasteiger partial charge on any atom is 0.193 e. The summed E-state index contributed by atoms with van der Waals surface area (Å²) >= 11 is 0. The van der Waals surface area contributed by atoms with Crippen LogP contribution in [0.1, 0.15) is 33.1 Å². The van der Waals surface area contributed by atoms with Gasteiger partial charge in [-0.1, -0.05) is 6.42 Å². The average molecular weight is 238 g/mol. The van der Waals surface area contributed by atoms with Crippen LogP contribution in [0.25, 0.3) is 0 Å². The Labute approximate surface area is 105 Å². The van der Waals surface area contributed by atoms with Crippen molar-refractivity contribution >= 4 is 5.96 Å². The molecule has 0 bridgehead atoms. The molecule has 2 rings (SSSR count). The summed E-state index contributed by atoms with van der Waals surface area (Å²) in [6, 6.07) is 1.34. The SMILES string of the molecule is CC1CCCCN1C(C)CNC1=NCCN1C. The quantitative estimate of drug-likeness (QED) is 0.800. The van der Waals surface area contributed by atoms with Crippen molar-refractivity contribution in [3.8, 4) is 0 Å². The highest BCUT2D eigenvalue weighted by Crippen LogP contribution is 2.18. The molecule has 2 aliphatic heterocycles. The molecule has 4 heteroatoms. The normalized spacial score (nSPS) is 28.1. The lowest BCUT2D eigenvalue weighted by Crippen LogP contribution is -2.49. The molecule has 0 aromatic rings. The second kappa shape index (κ2) is 5.71.